The predicted molar refractivity (Wildman–Crippen MR) is 72.6 cm³/mol. The summed E-state index contributed by atoms with van der Waals surface area (Å²) >= 11 is 0. The van der Waals surface area contributed by atoms with Crippen LogP contribution in [0.1, 0.15) is 30.0 Å². The maximum atomic E-state index is 12.5. The number of nitrogens with zero attached hydrogens (tertiary/aromatic N) is 3. The first-order valence-corrected chi connectivity index (χ1v) is 6.66. The lowest BCUT2D eigenvalue weighted by atomic mass is 10.1. The lowest BCUT2D eigenvalue weighted by Gasteiger charge is -2.16. The molecule has 1 unspecified atom stereocenters. The molecule has 2 rings (SSSR count). The van der Waals surface area contributed by atoms with Crippen LogP contribution in [0, 0.1) is 0 Å². The second-order valence-corrected chi connectivity index (χ2v) is 4.64. The fourth-order valence-electron chi connectivity index (χ4n) is 2.13. The molecule has 1 atom stereocenters. The molecule has 0 aliphatic rings. The van der Waals surface area contributed by atoms with E-state index < -0.39 is 11.7 Å². The van der Waals surface area contributed by atoms with Crippen LogP contribution in [0.4, 0.5) is 13.2 Å². The van der Waals surface area contributed by atoms with E-state index in [9.17, 15) is 13.2 Å². The van der Waals surface area contributed by atoms with E-state index in [0.717, 1.165) is 24.6 Å². The lowest BCUT2D eigenvalue weighted by Crippen LogP contribution is -2.22. The van der Waals surface area contributed by atoms with Gasteiger partial charge in [0.1, 0.15) is 5.82 Å². The summed E-state index contributed by atoms with van der Waals surface area (Å²) in [5.41, 5.74) is -0.174. The highest BCUT2D eigenvalue weighted by atomic mass is 19.4. The van der Waals surface area contributed by atoms with Crippen LogP contribution < -0.4 is 5.32 Å². The maximum absolute atomic E-state index is 12.5. The minimum absolute atomic E-state index is 0.181. The second kappa shape index (κ2) is 6.26. The van der Waals surface area contributed by atoms with Gasteiger partial charge in [-0.3, -0.25) is 4.98 Å². The highest BCUT2D eigenvalue weighted by Crippen LogP contribution is 2.29. The van der Waals surface area contributed by atoms with Gasteiger partial charge in [-0.25, -0.2) is 4.98 Å². The van der Waals surface area contributed by atoms with Gasteiger partial charge in [-0.05, 0) is 26.1 Å². The molecule has 1 N–H and O–H groups in total. The Bertz CT molecular complexity index is 575. The fourth-order valence-corrected chi connectivity index (χ4v) is 2.13. The molecular weight excluding hydrogens is 281 g/mol. The molecule has 0 saturated heterocycles. The Labute approximate surface area is 121 Å². The largest absolute Gasteiger partial charge is 0.417 e. The molecule has 0 amide bonds. The summed E-state index contributed by atoms with van der Waals surface area (Å²) in [6.07, 6.45) is 0.661. The van der Waals surface area contributed by atoms with E-state index in [0.29, 0.717) is 12.1 Å². The average Bonchev–Trinajstić information content (AvgIpc) is 2.91. The molecule has 2 aromatic rings. The fraction of sp³-hybridized carbons (Fsp3) is 0.429. The van der Waals surface area contributed by atoms with Gasteiger partial charge < -0.3 is 9.88 Å². The summed E-state index contributed by atoms with van der Waals surface area (Å²) in [5, 5.41) is 3.07. The first-order valence-electron chi connectivity index (χ1n) is 6.66. The van der Waals surface area contributed by atoms with Crippen molar-refractivity contribution in [2.45, 2.75) is 32.1 Å². The number of aromatic nitrogens is 3. The zero-order chi connectivity index (χ0) is 15.5. The van der Waals surface area contributed by atoms with Crippen LogP contribution in [0.25, 0.3) is 0 Å². The number of alkyl halides is 3. The molecule has 114 valence electrons. The van der Waals surface area contributed by atoms with E-state index in [2.05, 4.69) is 15.3 Å². The lowest BCUT2D eigenvalue weighted by molar-refractivity contribution is -0.137. The van der Waals surface area contributed by atoms with Crippen LogP contribution >= 0.6 is 0 Å². The smallest absolute Gasteiger partial charge is 0.335 e. The molecule has 4 nitrogen and oxygen atoms in total. The van der Waals surface area contributed by atoms with Gasteiger partial charge in [-0.15, -0.1) is 0 Å². The van der Waals surface area contributed by atoms with E-state index in [1.165, 1.54) is 6.07 Å². The van der Waals surface area contributed by atoms with E-state index in [4.69, 9.17) is 0 Å². The number of hydrogen-bond donors (Lipinski definition) is 1. The Kier molecular flexibility index (Phi) is 4.62. The number of halogens is 3. The minimum atomic E-state index is -4.36. The number of aryl methyl sites for hydroxylation is 1. The number of hydrogen-bond acceptors (Lipinski definition) is 3. The van der Waals surface area contributed by atoms with Crippen molar-refractivity contribution in [3.05, 3.63) is 47.8 Å². The summed E-state index contributed by atoms with van der Waals surface area (Å²) in [7, 11) is 1.75. The molecule has 21 heavy (non-hydrogen) atoms. The third-order valence-corrected chi connectivity index (χ3v) is 3.35. The highest BCUT2D eigenvalue weighted by Gasteiger charge is 2.31. The Morgan fingerprint density at radius 1 is 1.29 bits per heavy atom. The molecule has 0 aliphatic carbocycles. The molecule has 0 radical (unpaired) electrons. The summed E-state index contributed by atoms with van der Waals surface area (Å²) in [6, 6.07) is 2.28. The van der Waals surface area contributed by atoms with Gasteiger partial charge in [0.05, 0.1) is 17.3 Å². The normalized spacial score (nSPS) is 13.4. The summed E-state index contributed by atoms with van der Waals surface area (Å²) in [4.78, 5) is 8.21. The van der Waals surface area contributed by atoms with Gasteiger partial charge in [0.2, 0.25) is 0 Å². The maximum Gasteiger partial charge on any atom is 0.417 e. The zero-order valence-electron chi connectivity index (χ0n) is 11.9. The molecular formula is C14H17F3N4. The quantitative estimate of drug-likeness (QED) is 0.923. The van der Waals surface area contributed by atoms with Gasteiger partial charge >= 0.3 is 6.18 Å². The summed E-state index contributed by atoms with van der Waals surface area (Å²) in [6.45, 7) is 2.81. The monoisotopic (exact) mass is 298 g/mol. The molecule has 2 heterocycles. The zero-order valence-corrected chi connectivity index (χ0v) is 11.9. The third kappa shape index (κ3) is 3.60. The molecule has 2 aromatic heterocycles. The van der Waals surface area contributed by atoms with Crippen molar-refractivity contribution in [3.63, 3.8) is 0 Å². The van der Waals surface area contributed by atoms with Crippen molar-refractivity contribution in [1.82, 2.24) is 19.9 Å². The number of imidazole rings is 1. The van der Waals surface area contributed by atoms with Crippen molar-refractivity contribution in [2.24, 2.45) is 0 Å². The van der Waals surface area contributed by atoms with Crippen LogP contribution in [0.3, 0.4) is 0 Å². The molecule has 0 bridgehead atoms. The average molecular weight is 298 g/mol. The molecule has 0 spiro atoms. The number of nitrogens with one attached hydrogen (secondary N) is 1. The first-order chi connectivity index (χ1) is 9.95. The Hall–Kier alpha value is -1.89. The molecule has 0 saturated carbocycles. The van der Waals surface area contributed by atoms with E-state index in [-0.39, 0.29) is 6.04 Å². The van der Waals surface area contributed by atoms with Crippen molar-refractivity contribution in [3.8, 4) is 0 Å². The van der Waals surface area contributed by atoms with Gasteiger partial charge in [-0.2, -0.15) is 13.2 Å². The number of rotatable bonds is 5. The van der Waals surface area contributed by atoms with Crippen LogP contribution in [0.15, 0.2) is 30.7 Å². The van der Waals surface area contributed by atoms with E-state index >= 15 is 0 Å². The predicted octanol–water partition coefficient (Wildman–Crippen LogP) is 2.82. The van der Waals surface area contributed by atoms with Crippen molar-refractivity contribution >= 4 is 0 Å². The topological polar surface area (TPSA) is 42.7 Å². The summed E-state index contributed by atoms with van der Waals surface area (Å²) in [5.74, 6) is 0.874. The van der Waals surface area contributed by atoms with E-state index in [1.54, 1.807) is 13.2 Å². The second-order valence-electron chi connectivity index (χ2n) is 4.64. The summed E-state index contributed by atoms with van der Waals surface area (Å²) < 4.78 is 39.6. The van der Waals surface area contributed by atoms with Crippen LogP contribution in [-0.4, -0.2) is 21.6 Å². The number of pyridine rings is 1. The highest BCUT2D eigenvalue weighted by molar-refractivity contribution is 5.19. The van der Waals surface area contributed by atoms with Crippen molar-refractivity contribution in [1.29, 1.82) is 0 Å². The van der Waals surface area contributed by atoms with Crippen molar-refractivity contribution in [2.75, 3.05) is 7.05 Å². The van der Waals surface area contributed by atoms with Crippen LogP contribution in [0.5, 0.6) is 0 Å². The molecule has 7 heteroatoms. The van der Waals surface area contributed by atoms with Gasteiger partial charge in [-0.1, -0.05) is 0 Å². The van der Waals surface area contributed by atoms with Gasteiger partial charge in [0.25, 0.3) is 0 Å². The van der Waals surface area contributed by atoms with E-state index in [1.807, 2.05) is 17.7 Å². The molecule has 0 fully saturated rings. The van der Waals surface area contributed by atoms with Gasteiger partial charge in [0.15, 0.2) is 0 Å². The SMILES string of the molecule is CCn1ccnc1CC(NC)c1ccc(C(F)(F)F)cn1. The molecule has 0 aliphatic heterocycles. The van der Waals surface area contributed by atoms with Crippen molar-refractivity contribution < 1.29 is 13.2 Å². The standard InChI is InChI=1S/C14H17F3N4/c1-3-21-7-6-19-13(21)8-12(18-2)11-5-4-10(9-20-11)14(15,16)17/h4-7,9,12,18H,3,8H2,1-2H3. The molecule has 0 aromatic carbocycles. The van der Waals surface area contributed by atoms with Gasteiger partial charge in [0, 0.05) is 31.6 Å². The minimum Gasteiger partial charge on any atom is -0.335 e. The first kappa shape index (κ1) is 15.5. The Morgan fingerprint density at radius 2 is 2.05 bits per heavy atom. The Morgan fingerprint density at radius 3 is 2.57 bits per heavy atom. The third-order valence-electron chi connectivity index (χ3n) is 3.35. The number of likely N-dealkylation sites (N-methyl/N-ethyl adjacent to an activating group) is 1. The van der Waals surface area contributed by atoms with Crippen LogP contribution in [0.2, 0.25) is 0 Å². The Balaban J connectivity index is 2.18. The van der Waals surface area contributed by atoms with Crippen LogP contribution in [-0.2, 0) is 19.1 Å².